The van der Waals surface area contributed by atoms with E-state index in [1.54, 1.807) is 17.2 Å². The lowest BCUT2D eigenvalue weighted by atomic mass is 10.1. The Morgan fingerprint density at radius 2 is 1.67 bits per heavy atom. The molecule has 0 bridgehead atoms. The number of nitrogens with zero attached hydrogens (tertiary/aromatic N) is 3. The number of thiocarbonyl (C=S) groups is 1. The molecule has 5 rings (SSSR count). The summed E-state index contributed by atoms with van der Waals surface area (Å²) in [6.45, 7) is 2.90. The van der Waals surface area contributed by atoms with Crippen molar-refractivity contribution in [2.24, 2.45) is 0 Å². The zero-order valence-corrected chi connectivity index (χ0v) is 21.3. The molecule has 1 N–H and O–H groups in total. The second-order valence-corrected chi connectivity index (χ2v) is 10.1. The number of amides is 1. The number of thioether (sulfide) groups is 1. The van der Waals surface area contributed by atoms with E-state index in [9.17, 15) is 9.59 Å². The highest BCUT2D eigenvalue weighted by atomic mass is 32.2. The van der Waals surface area contributed by atoms with Gasteiger partial charge in [0, 0.05) is 19.3 Å². The third kappa shape index (κ3) is 4.96. The number of aryl methyl sites for hydroxylation is 1. The molecule has 0 unspecified atom stereocenters. The minimum Gasteiger partial charge on any atom is -0.365 e. The van der Waals surface area contributed by atoms with Crippen molar-refractivity contribution in [2.75, 3.05) is 11.9 Å². The van der Waals surface area contributed by atoms with Crippen LogP contribution in [-0.2, 0) is 17.8 Å². The molecule has 1 aliphatic heterocycles. The molecule has 1 fully saturated rings. The predicted molar refractivity (Wildman–Crippen MR) is 150 cm³/mol. The van der Waals surface area contributed by atoms with E-state index in [0.29, 0.717) is 45.8 Å². The molecule has 3 heterocycles. The van der Waals surface area contributed by atoms with Gasteiger partial charge < -0.3 is 5.32 Å². The molecule has 2 aromatic carbocycles. The van der Waals surface area contributed by atoms with Gasteiger partial charge in [-0.25, -0.2) is 4.98 Å². The average Bonchev–Trinajstić information content (AvgIpc) is 3.17. The van der Waals surface area contributed by atoms with Gasteiger partial charge in [0.2, 0.25) is 0 Å². The summed E-state index contributed by atoms with van der Waals surface area (Å²) in [5.74, 6) is 0.247. The van der Waals surface area contributed by atoms with E-state index in [1.165, 1.54) is 16.2 Å². The van der Waals surface area contributed by atoms with Crippen LogP contribution in [0.3, 0.4) is 0 Å². The van der Waals surface area contributed by atoms with Crippen molar-refractivity contribution in [1.29, 1.82) is 0 Å². The Bertz CT molecular complexity index is 1530. The van der Waals surface area contributed by atoms with Gasteiger partial charge in [0.05, 0.1) is 10.5 Å². The van der Waals surface area contributed by atoms with Crippen LogP contribution in [0, 0.1) is 6.92 Å². The van der Waals surface area contributed by atoms with Crippen LogP contribution < -0.4 is 10.9 Å². The third-order valence-electron chi connectivity index (χ3n) is 6.00. The molecule has 1 aliphatic rings. The average molecular weight is 513 g/mol. The van der Waals surface area contributed by atoms with E-state index in [1.807, 2.05) is 79.7 Å². The summed E-state index contributed by atoms with van der Waals surface area (Å²) in [6, 6.07) is 23.6. The maximum absolute atomic E-state index is 13.6. The van der Waals surface area contributed by atoms with E-state index >= 15 is 0 Å². The largest absolute Gasteiger partial charge is 0.365 e. The predicted octanol–water partition coefficient (Wildman–Crippen LogP) is 5.06. The first kappa shape index (κ1) is 24.0. The van der Waals surface area contributed by atoms with Crippen molar-refractivity contribution in [3.05, 3.63) is 117 Å². The number of carbonyl (C=O) groups excluding carboxylic acids is 1. The number of carbonyl (C=O) groups is 1. The minimum atomic E-state index is -0.242. The Morgan fingerprint density at radius 3 is 2.39 bits per heavy atom. The minimum absolute atomic E-state index is 0.191. The van der Waals surface area contributed by atoms with Crippen LogP contribution in [0.15, 0.2) is 88.7 Å². The van der Waals surface area contributed by atoms with Gasteiger partial charge in [-0.15, -0.1) is 0 Å². The van der Waals surface area contributed by atoms with Gasteiger partial charge in [-0.05, 0) is 42.2 Å². The van der Waals surface area contributed by atoms with Crippen molar-refractivity contribution in [3.63, 3.8) is 0 Å². The molecule has 8 heteroatoms. The zero-order chi connectivity index (χ0) is 25.1. The lowest BCUT2D eigenvalue weighted by molar-refractivity contribution is -0.122. The smallest absolute Gasteiger partial charge is 0.267 e. The van der Waals surface area contributed by atoms with E-state index < -0.39 is 0 Å². The Balaban J connectivity index is 1.49. The van der Waals surface area contributed by atoms with Crippen LogP contribution in [0.25, 0.3) is 11.7 Å². The fraction of sp³-hybridized carbons (Fsp3) is 0.143. The maximum Gasteiger partial charge on any atom is 0.267 e. The summed E-state index contributed by atoms with van der Waals surface area (Å²) in [7, 11) is 0. The van der Waals surface area contributed by atoms with E-state index in [4.69, 9.17) is 17.2 Å². The van der Waals surface area contributed by atoms with Gasteiger partial charge in [-0.1, -0.05) is 90.7 Å². The molecule has 36 heavy (non-hydrogen) atoms. The fourth-order valence-electron chi connectivity index (χ4n) is 4.07. The molecular formula is C28H24N4O2S2. The summed E-state index contributed by atoms with van der Waals surface area (Å²) in [5.41, 5.74) is 3.74. The van der Waals surface area contributed by atoms with Crippen molar-refractivity contribution in [1.82, 2.24) is 14.3 Å². The third-order valence-corrected chi connectivity index (χ3v) is 7.38. The van der Waals surface area contributed by atoms with E-state index in [0.717, 1.165) is 16.7 Å². The monoisotopic (exact) mass is 512 g/mol. The number of fused-ring (bicyclic) bond motifs is 1. The molecule has 0 saturated carbocycles. The van der Waals surface area contributed by atoms with Crippen molar-refractivity contribution < 1.29 is 4.79 Å². The van der Waals surface area contributed by atoms with Gasteiger partial charge in [0.1, 0.15) is 15.8 Å². The van der Waals surface area contributed by atoms with Gasteiger partial charge in [-0.3, -0.25) is 18.9 Å². The van der Waals surface area contributed by atoms with Crippen molar-refractivity contribution >= 4 is 51.7 Å². The summed E-state index contributed by atoms with van der Waals surface area (Å²) < 4.78 is 2.01. The first-order valence-electron chi connectivity index (χ1n) is 11.6. The van der Waals surface area contributed by atoms with Crippen LogP contribution in [-0.4, -0.2) is 31.1 Å². The van der Waals surface area contributed by atoms with Crippen LogP contribution in [0.4, 0.5) is 5.82 Å². The van der Waals surface area contributed by atoms with Crippen molar-refractivity contribution in [2.45, 2.75) is 19.9 Å². The molecule has 180 valence electrons. The Kier molecular flexibility index (Phi) is 6.97. The first-order valence-corrected chi connectivity index (χ1v) is 12.8. The molecule has 1 saturated heterocycles. The topological polar surface area (TPSA) is 66.7 Å². The number of anilines is 1. The van der Waals surface area contributed by atoms with Crippen LogP contribution in [0.5, 0.6) is 0 Å². The number of nitrogens with one attached hydrogen (secondary N) is 1. The standard InChI is InChI=1S/C28H24N4O2S2/c1-19-9-8-15-31-25(19)30-24(29-18-21-12-6-3-7-13-21)22(26(31)33)17-23-27(34)32(28(35)36-23)16-14-20-10-4-2-5-11-20/h2-13,15,17,29H,14,16,18H2,1H3. The number of rotatable bonds is 7. The number of hydrogen-bond donors (Lipinski definition) is 1. The van der Waals surface area contributed by atoms with Gasteiger partial charge in [0.15, 0.2) is 0 Å². The normalized spacial score (nSPS) is 14.7. The Hall–Kier alpha value is -3.75. The molecule has 0 atom stereocenters. The van der Waals surface area contributed by atoms with Gasteiger partial charge >= 0.3 is 0 Å². The summed E-state index contributed by atoms with van der Waals surface area (Å²) >= 11 is 6.73. The van der Waals surface area contributed by atoms with Gasteiger partial charge in [-0.2, -0.15) is 0 Å². The van der Waals surface area contributed by atoms with E-state index in [-0.39, 0.29) is 11.5 Å². The second kappa shape index (κ2) is 10.5. The zero-order valence-electron chi connectivity index (χ0n) is 19.7. The molecule has 6 nitrogen and oxygen atoms in total. The molecular weight excluding hydrogens is 488 g/mol. The maximum atomic E-state index is 13.6. The summed E-state index contributed by atoms with van der Waals surface area (Å²) in [5, 5.41) is 3.31. The number of benzene rings is 2. The van der Waals surface area contributed by atoms with E-state index in [2.05, 4.69) is 5.32 Å². The molecule has 1 amide bonds. The number of pyridine rings is 1. The lowest BCUT2D eigenvalue weighted by Crippen LogP contribution is -2.30. The van der Waals surface area contributed by atoms with Crippen molar-refractivity contribution in [3.8, 4) is 0 Å². The lowest BCUT2D eigenvalue weighted by Gasteiger charge is -2.14. The summed E-state index contributed by atoms with van der Waals surface area (Å²) in [4.78, 5) is 33.6. The van der Waals surface area contributed by atoms with Crippen LogP contribution in [0.1, 0.15) is 22.3 Å². The Labute approximate surface area is 218 Å². The SMILES string of the molecule is Cc1cccn2c(=O)c(C=C3SC(=S)N(CCc4ccccc4)C3=O)c(NCc3ccccc3)nc12. The second-order valence-electron chi connectivity index (χ2n) is 8.47. The highest BCUT2D eigenvalue weighted by Crippen LogP contribution is 2.33. The van der Waals surface area contributed by atoms with Gasteiger partial charge in [0.25, 0.3) is 11.5 Å². The fourth-order valence-corrected chi connectivity index (χ4v) is 5.36. The molecule has 4 aromatic rings. The molecule has 0 aliphatic carbocycles. The Morgan fingerprint density at radius 1 is 0.972 bits per heavy atom. The van der Waals surface area contributed by atoms with Crippen LogP contribution in [0.2, 0.25) is 0 Å². The first-order chi connectivity index (χ1) is 17.5. The molecule has 0 radical (unpaired) electrons. The number of hydrogen-bond acceptors (Lipinski definition) is 6. The number of aromatic nitrogens is 2. The van der Waals surface area contributed by atoms with Crippen LogP contribution >= 0.6 is 24.0 Å². The summed E-state index contributed by atoms with van der Waals surface area (Å²) in [6.07, 6.45) is 4.02. The quantitative estimate of drug-likeness (QED) is 0.276. The highest BCUT2D eigenvalue weighted by Gasteiger charge is 2.32. The highest BCUT2D eigenvalue weighted by molar-refractivity contribution is 8.26. The molecule has 0 spiro atoms. The molecule has 2 aromatic heterocycles.